The molecule has 0 aliphatic rings. The van der Waals surface area contributed by atoms with E-state index in [1.165, 1.54) is 0 Å². The molecule has 3 aromatic rings. The number of amides is 1. The molecule has 0 aliphatic heterocycles. The van der Waals surface area contributed by atoms with E-state index < -0.39 is 23.9 Å². The second kappa shape index (κ2) is 9.11. The summed E-state index contributed by atoms with van der Waals surface area (Å²) in [6, 6.07) is 7.34. The summed E-state index contributed by atoms with van der Waals surface area (Å²) in [6.45, 7) is 0. The van der Waals surface area contributed by atoms with Crippen LogP contribution in [0.5, 0.6) is 0 Å². The fraction of sp³-hybridized carbons (Fsp3) is 0.250. The minimum Gasteiger partial charge on any atom is -0.481 e. The number of anilines is 2. The maximum Gasteiger partial charge on any atom is 0.326 e. The normalized spacial score (nSPS) is 11.9. The number of rotatable bonds is 9. The van der Waals surface area contributed by atoms with Gasteiger partial charge in [-0.2, -0.15) is 9.97 Å². The zero-order valence-corrected chi connectivity index (χ0v) is 16.5. The highest BCUT2D eigenvalue weighted by atomic mass is 16.4. The predicted octanol–water partition coefficient (Wildman–Crippen LogP) is 0.955. The van der Waals surface area contributed by atoms with Crippen LogP contribution >= 0.6 is 0 Å². The minimum absolute atomic E-state index is 0.0976. The van der Waals surface area contributed by atoms with E-state index in [4.69, 9.17) is 21.7 Å². The number of fused-ring (bicyclic) bond motifs is 1. The molecule has 0 fully saturated rings. The Bertz CT molecular complexity index is 1130. The molecule has 0 saturated carbocycles. The van der Waals surface area contributed by atoms with Gasteiger partial charge in [0.05, 0.1) is 5.39 Å². The molecule has 0 unspecified atom stereocenters. The topological polar surface area (TPSA) is 197 Å². The van der Waals surface area contributed by atoms with Crippen LogP contribution in [0.25, 0.3) is 11.0 Å². The highest BCUT2D eigenvalue weighted by molar-refractivity contribution is 5.96. The standard InChI is InChI=1S/C20H22N6O5/c21-16-13-9-12(23-17(13)26-20(22)25-16)6-3-10-1-4-11(5-2-10)18(29)24-14(19(30)31)7-8-15(27)28/h1-2,4-5,9,14H,3,6-8H2,(H,24,29)(H,27,28)(H,30,31)(H5,21,22,23,25,26)/t14-/m0/s1. The van der Waals surface area contributed by atoms with Gasteiger partial charge in [0.1, 0.15) is 17.5 Å². The van der Waals surface area contributed by atoms with E-state index in [1.807, 2.05) is 6.07 Å². The van der Waals surface area contributed by atoms with Crippen molar-refractivity contribution in [3.05, 3.63) is 47.2 Å². The molecule has 0 saturated heterocycles. The largest absolute Gasteiger partial charge is 0.481 e. The van der Waals surface area contributed by atoms with Crippen LogP contribution in [0.2, 0.25) is 0 Å². The van der Waals surface area contributed by atoms with Crippen LogP contribution < -0.4 is 16.8 Å². The third kappa shape index (κ3) is 5.47. The molecule has 0 aliphatic carbocycles. The van der Waals surface area contributed by atoms with Gasteiger partial charge >= 0.3 is 11.9 Å². The van der Waals surface area contributed by atoms with Crippen molar-refractivity contribution in [1.29, 1.82) is 0 Å². The number of benzene rings is 1. The van der Waals surface area contributed by atoms with Gasteiger partial charge in [-0.15, -0.1) is 0 Å². The number of hydrogen-bond donors (Lipinski definition) is 6. The van der Waals surface area contributed by atoms with E-state index in [2.05, 4.69) is 20.3 Å². The smallest absolute Gasteiger partial charge is 0.326 e. The third-order valence-corrected chi connectivity index (χ3v) is 4.74. The van der Waals surface area contributed by atoms with Crippen LogP contribution in [0.4, 0.5) is 11.8 Å². The van der Waals surface area contributed by atoms with Gasteiger partial charge in [-0.25, -0.2) is 4.79 Å². The summed E-state index contributed by atoms with van der Waals surface area (Å²) in [7, 11) is 0. The summed E-state index contributed by atoms with van der Waals surface area (Å²) in [5, 5.41) is 20.9. The van der Waals surface area contributed by atoms with Crippen molar-refractivity contribution in [3.8, 4) is 0 Å². The van der Waals surface area contributed by atoms with Crippen LogP contribution in [0.3, 0.4) is 0 Å². The summed E-state index contributed by atoms with van der Waals surface area (Å²) in [4.78, 5) is 45.4. The molecule has 11 nitrogen and oxygen atoms in total. The molecule has 11 heteroatoms. The third-order valence-electron chi connectivity index (χ3n) is 4.74. The van der Waals surface area contributed by atoms with Gasteiger partial charge in [0.25, 0.3) is 5.91 Å². The molecule has 1 aromatic carbocycles. The van der Waals surface area contributed by atoms with Gasteiger partial charge in [-0.1, -0.05) is 12.1 Å². The quantitative estimate of drug-likeness (QED) is 0.288. The van der Waals surface area contributed by atoms with Crippen molar-refractivity contribution < 1.29 is 24.6 Å². The SMILES string of the molecule is Nc1nc(N)c2cc(CCc3ccc(C(=O)N[C@@H](CCC(=O)O)C(=O)O)cc3)[nH]c2n1. The minimum atomic E-state index is -1.28. The number of H-pyrrole nitrogens is 1. The second-order valence-electron chi connectivity index (χ2n) is 7.02. The number of aromatic amines is 1. The van der Waals surface area contributed by atoms with E-state index in [0.29, 0.717) is 29.7 Å². The van der Waals surface area contributed by atoms with Crippen LogP contribution in [0.15, 0.2) is 30.3 Å². The number of nitrogen functional groups attached to an aromatic ring is 2. The molecule has 1 atom stereocenters. The average Bonchev–Trinajstić information content (AvgIpc) is 3.12. The maximum absolute atomic E-state index is 12.3. The monoisotopic (exact) mass is 426 g/mol. The van der Waals surface area contributed by atoms with Crippen LogP contribution in [-0.2, 0) is 22.4 Å². The number of hydrogen-bond acceptors (Lipinski definition) is 7. The van der Waals surface area contributed by atoms with Crippen LogP contribution in [-0.4, -0.2) is 49.1 Å². The maximum atomic E-state index is 12.3. The Balaban J connectivity index is 1.60. The number of nitrogens with one attached hydrogen (secondary N) is 2. The lowest BCUT2D eigenvalue weighted by Crippen LogP contribution is -2.41. The first-order chi connectivity index (χ1) is 14.7. The molecule has 162 valence electrons. The Morgan fingerprint density at radius 1 is 1.06 bits per heavy atom. The van der Waals surface area contributed by atoms with Gasteiger partial charge in [0, 0.05) is 17.7 Å². The van der Waals surface area contributed by atoms with Crippen molar-refractivity contribution in [2.45, 2.75) is 31.7 Å². The average molecular weight is 426 g/mol. The van der Waals surface area contributed by atoms with Crippen molar-refractivity contribution in [3.63, 3.8) is 0 Å². The van der Waals surface area contributed by atoms with Crippen LogP contribution in [0, 0.1) is 0 Å². The number of aromatic nitrogens is 3. The number of carbonyl (C=O) groups excluding carboxylic acids is 1. The first-order valence-corrected chi connectivity index (χ1v) is 9.48. The van der Waals surface area contributed by atoms with Crippen molar-refractivity contribution in [2.75, 3.05) is 11.5 Å². The van der Waals surface area contributed by atoms with E-state index in [9.17, 15) is 14.4 Å². The Morgan fingerprint density at radius 3 is 2.42 bits per heavy atom. The Hall–Kier alpha value is -4.15. The zero-order chi connectivity index (χ0) is 22.5. The number of carboxylic acids is 2. The lowest BCUT2D eigenvalue weighted by Gasteiger charge is -2.13. The van der Waals surface area contributed by atoms with E-state index in [0.717, 1.165) is 11.3 Å². The summed E-state index contributed by atoms with van der Waals surface area (Å²) in [5.74, 6) is -2.58. The van der Waals surface area contributed by atoms with E-state index in [-0.39, 0.29) is 24.4 Å². The molecular weight excluding hydrogens is 404 g/mol. The number of aliphatic carboxylic acids is 2. The number of nitrogens with zero attached hydrogens (tertiary/aromatic N) is 2. The summed E-state index contributed by atoms with van der Waals surface area (Å²) < 4.78 is 0. The molecule has 0 radical (unpaired) electrons. The van der Waals surface area contributed by atoms with Gasteiger partial charge < -0.3 is 32.0 Å². The molecule has 0 bridgehead atoms. The van der Waals surface area contributed by atoms with Crippen molar-refractivity contribution in [2.24, 2.45) is 0 Å². The first-order valence-electron chi connectivity index (χ1n) is 9.48. The Labute approximate surface area is 176 Å². The fourth-order valence-corrected chi connectivity index (χ4v) is 3.11. The summed E-state index contributed by atoms with van der Waals surface area (Å²) in [6.07, 6.45) is 0.790. The molecule has 0 spiro atoms. The van der Waals surface area contributed by atoms with E-state index in [1.54, 1.807) is 24.3 Å². The number of carbonyl (C=O) groups is 3. The highest BCUT2D eigenvalue weighted by Gasteiger charge is 2.21. The molecule has 8 N–H and O–H groups in total. The molecule has 2 heterocycles. The van der Waals surface area contributed by atoms with Crippen molar-refractivity contribution in [1.82, 2.24) is 20.3 Å². The fourth-order valence-electron chi connectivity index (χ4n) is 3.11. The predicted molar refractivity (Wildman–Crippen MR) is 112 cm³/mol. The number of nitrogens with two attached hydrogens (primary N) is 2. The van der Waals surface area contributed by atoms with Gasteiger partial charge in [0.2, 0.25) is 5.95 Å². The zero-order valence-electron chi connectivity index (χ0n) is 16.5. The molecule has 1 amide bonds. The molecule has 31 heavy (non-hydrogen) atoms. The lowest BCUT2D eigenvalue weighted by atomic mass is 10.0. The lowest BCUT2D eigenvalue weighted by molar-refractivity contribution is -0.140. The van der Waals surface area contributed by atoms with E-state index >= 15 is 0 Å². The Kier molecular flexibility index (Phi) is 6.34. The molecule has 2 aromatic heterocycles. The highest BCUT2D eigenvalue weighted by Crippen LogP contribution is 2.20. The number of carboxylic acid groups (broad SMARTS) is 2. The van der Waals surface area contributed by atoms with Crippen molar-refractivity contribution >= 4 is 40.6 Å². The first kappa shape index (κ1) is 21.6. The van der Waals surface area contributed by atoms with Gasteiger partial charge in [-0.05, 0) is 43.0 Å². The second-order valence-corrected chi connectivity index (χ2v) is 7.02. The van der Waals surface area contributed by atoms with Gasteiger partial charge in [0.15, 0.2) is 0 Å². The molecule has 3 rings (SSSR count). The van der Waals surface area contributed by atoms with Gasteiger partial charge in [-0.3, -0.25) is 9.59 Å². The summed E-state index contributed by atoms with van der Waals surface area (Å²) in [5.41, 5.74) is 14.2. The molecular formula is C20H22N6O5. The summed E-state index contributed by atoms with van der Waals surface area (Å²) >= 11 is 0. The Morgan fingerprint density at radius 2 is 1.77 bits per heavy atom. The number of aryl methyl sites for hydroxylation is 2. The van der Waals surface area contributed by atoms with Crippen LogP contribution in [0.1, 0.15) is 34.5 Å².